The largest absolute Gasteiger partial charge is 0.351 e. The Balaban J connectivity index is 1.39. The second-order valence-corrected chi connectivity index (χ2v) is 8.51. The molecule has 6 heteroatoms. The molecule has 0 unspecified atom stereocenters. The number of aryl methyl sites for hydroxylation is 1. The summed E-state index contributed by atoms with van der Waals surface area (Å²) in [4.78, 5) is 16.9. The molecule has 1 saturated heterocycles. The van der Waals surface area contributed by atoms with Gasteiger partial charge < -0.3 is 9.80 Å². The maximum Gasteiger partial charge on any atom is 0.253 e. The summed E-state index contributed by atoms with van der Waals surface area (Å²) in [5.74, 6) is 0.905. The van der Waals surface area contributed by atoms with Crippen LogP contribution in [-0.4, -0.2) is 47.2 Å². The van der Waals surface area contributed by atoms with Gasteiger partial charge in [-0.3, -0.25) is 4.79 Å². The molecule has 0 N–H and O–H groups in total. The molecule has 0 saturated carbocycles. The van der Waals surface area contributed by atoms with E-state index in [1.807, 2.05) is 17.0 Å². The van der Waals surface area contributed by atoms with Crippen LogP contribution in [0.1, 0.15) is 15.9 Å². The van der Waals surface area contributed by atoms with Crippen LogP contribution in [-0.2, 0) is 0 Å². The summed E-state index contributed by atoms with van der Waals surface area (Å²) in [6.45, 7) is 4.77. The lowest BCUT2D eigenvalue weighted by Gasteiger charge is -2.35. The van der Waals surface area contributed by atoms with Gasteiger partial charge >= 0.3 is 0 Å². The second-order valence-electron chi connectivity index (χ2n) is 8.07. The summed E-state index contributed by atoms with van der Waals surface area (Å²) >= 11 is 5.95. The third kappa shape index (κ3) is 3.92. The zero-order valence-electron chi connectivity index (χ0n) is 17.8. The molecule has 1 aliphatic heterocycles. The SMILES string of the molecule is Cc1ccc(-c2nnc(N3CCN(C(=O)c4ccc(Cl)cc4)CC3)c3ccccc23)cc1. The van der Waals surface area contributed by atoms with E-state index in [1.165, 1.54) is 5.56 Å². The Bertz CT molecular complexity index is 1260. The van der Waals surface area contributed by atoms with Crippen molar-refractivity contribution in [2.45, 2.75) is 6.92 Å². The number of amides is 1. The van der Waals surface area contributed by atoms with E-state index in [2.05, 4.69) is 58.4 Å². The first-order valence-corrected chi connectivity index (χ1v) is 11.1. The normalized spacial score (nSPS) is 14.1. The molecule has 1 aliphatic rings. The summed E-state index contributed by atoms with van der Waals surface area (Å²) in [6, 6.07) is 23.7. The molecular formula is C26H23ClN4O. The second kappa shape index (κ2) is 8.60. The number of fused-ring (bicyclic) bond motifs is 1. The zero-order chi connectivity index (χ0) is 22.1. The maximum atomic E-state index is 12.8. The summed E-state index contributed by atoms with van der Waals surface area (Å²) in [6.07, 6.45) is 0. The van der Waals surface area contributed by atoms with E-state index >= 15 is 0 Å². The van der Waals surface area contributed by atoms with Gasteiger partial charge in [-0.15, -0.1) is 10.2 Å². The molecule has 1 aromatic heterocycles. The quantitative estimate of drug-likeness (QED) is 0.436. The molecule has 0 spiro atoms. The fourth-order valence-corrected chi connectivity index (χ4v) is 4.27. The molecule has 1 amide bonds. The Morgan fingerprint density at radius 3 is 2.16 bits per heavy atom. The monoisotopic (exact) mass is 442 g/mol. The van der Waals surface area contributed by atoms with E-state index < -0.39 is 0 Å². The molecule has 3 aromatic carbocycles. The van der Waals surface area contributed by atoms with Crippen molar-refractivity contribution >= 4 is 34.1 Å². The zero-order valence-corrected chi connectivity index (χ0v) is 18.6. The Morgan fingerprint density at radius 2 is 1.47 bits per heavy atom. The molecule has 4 aromatic rings. The minimum Gasteiger partial charge on any atom is -0.351 e. The van der Waals surface area contributed by atoms with Gasteiger partial charge in [0.15, 0.2) is 5.82 Å². The standard InChI is InChI=1S/C26H23ClN4O/c1-18-6-8-19(9-7-18)24-22-4-2-3-5-23(22)25(29-28-24)30-14-16-31(17-15-30)26(32)20-10-12-21(27)13-11-20/h2-13H,14-17H2,1H3. The molecule has 0 radical (unpaired) electrons. The molecule has 160 valence electrons. The Kier molecular flexibility index (Phi) is 5.50. The van der Waals surface area contributed by atoms with E-state index in [4.69, 9.17) is 11.6 Å². The number of halogens is 1. The van der Waals surface area contributed by atoms with Crippen LogP contribution in [0.4, 0.5) is 5.82 Å². The Hall–Kier alpha value is -3.44. The van der Waals surface area contributed by atoms with Gasteiger partial charge in [0.05, 0.1) is 0 Å². The molecule has 32 heavy (non-hydrogen) atoms. The lowest BCUT2D eigenvalue weighted by atomic mass is 10.0. The molecule has 1 fully saturated rings. The lowest BCUT2D eigenvalue weighted by Crippen LogP contribution is -2.49. The van der Waals surface area contributed by atoms with Gasteiger partial charge in [-0.25, -0.2) is 0 Å². The van der Waals surface area contributed by atoms with E-state index in [1.54, 1.807) is 24.3 Å². The van der Waals surface area contributed by atoms with Gasteiger partial charge in [-0.2, -0.15) is 0 Å². The first kappa shape index (κ1) is 20.5. The molecule has 0 atom stereocenters. The van der Waals surface area contributed by atoms with Crippen LogP contribution in [0.15, 0.2) is 72.8 Å². The Morgan fingerprint density at radius 1 is 0.812 bits per heavy atom. The van der Waals surface area contributed by atoms with Gasteiger partial charge in [-0.05, 0) is 31.2 Å². The third-order valence-corrected chi connectivity index (χ3v) is 6.20. The van der Waals surface area contributed by atoms with Crippen LogP contribution < -0.4 is 4.90 Å². The number of aromatic nitrogens is 2. The van der Waals surface area contributed by atoms with Crippen molar-refractivity contribution in [3.8, 4) is 11.3 Å². The highest BCUT2D eigenvalue weighted by atomic mass is 35.5. The van der Waals surface area contributed by atoms with Crippen LogP contribution >= 0.6 is 11.6 Å². The van der Waals surface area contributed by atoms with Crippen molar-refractivity contribution in [1.29, 1.82) is 0 Å². The first-order valence-electron chi connectivity index (χ1n) is 10.7. The van der Waals surface area contributed by atoms with Gasteiger partial charge in [0.2, 0.25) is 0 Å². The number of hydrogen-bond acceptors (Lipinski definition) is 4. The fraction of sp³-hybridized carbons (Fsp3) is 0.192. The summed E-state index contributed by atoms with van der Waals surface area (Å²) in [5.41, 5.74) is 3.83. The number of carbonyl (C=O) groups excluding carboxylic acids is 1. The molecule has 5 nitrogen and oxygen atoms in total. The number of benzene rings is 3. The van der Waals surface area contributed by atoms with Crippen molar-refractivity contribution in [2.24, 2.45) is 0 Å². The van der Waals surface area contributed by atoms with Crippen LogP contribution in [0.3, 0.4) is 0 Å². The van der Waals surface area contributed by atoms with Gasteiger partial charge in [0.25, 0.3) is 5.91 Å². The number of nitrogens with zero attached hydrogens (tertiary/aromatic N) is 4. The van der Waals surface area contributed by atoms with Gasteiger partial charge in [0.1, 0.15) is 5.69 Å². The number of anilines is 1. The molecule has 0 bridgehead atoms. The highest BCUT2D eigenvalue weighted by molar-refractivity contribution is 6.30. The minimum absolute atomic E-state index is 0.0342. The van der Waals surface area contributed by atoms with Crippen LogP contribution in [0.2, 0.25) is 5.02 Å². The summed E-state index contributed by atoms with van der Waals surface area (Å²) in [7, 11) is 0. The van der Waals surface area contributed by atoms with Crippen molar-refractivity contribution in [3.63, 3.8) is 0 Å². The average molecular weight is 443 g/mol. The number of carbonyl (C=O) groups is 1. The summed E-state index contributed by atoms with van der Waals surface area (Å²) < 4.78 is 0. The minimum atomic E-state index is 0.0342. The number of piperazine rings is 1. The lowest BCUT2D eigenvalue weighted by molar-refractivity contribution is 0.0746. The van der Waals surface area contributed by atoms with Crippen LogP contribution in [0, 0.1) is 6.92 Å². The molecular weight excluding hydrogens is 420 g/mol. The average Bonchev–Trinajstić information content (AvgIpc) is 2.84. The first-order chi connectivity index (χ1) is 15.6. The number of rotatable bonds is 3. The summed E-state index contributed by atoms with van der Waals surface area (Å²) in [5, 5.41) is 12.0. The van der Waals surface area contributed by atoms with Crippen LogP contribution in [0.5, 0.6) is 0 Å². The molecule has 0 aliphatic carbocycles. The van der Waals surface area contributed by atoms with E-state index in [9.17, 15) is 4.79 Å². The Labute approximate surface area is 192 Å². The smallest absolute Gasteiger partial charge is 0.253 e. The maximum absolute atomic E-state index is 12.8. The highest BCUT2D eigenvalue weighted by Gasteiger charge is 2.24. The van der Waals surface area contributed by atoms with Crippen molar-refractivity contribution in [3.05, 3.63) is 88.9 Å². The topological polar surface area (TPSA) is 49.3 Å². The van der Waals surface area contributed by atoms with E-state index in [0.717, 1.165) is 27.8 Å². The van der Waals surface area contributed by atoms with Crippen LogP contribution in [0.25, 0.3) is 22.0 Å². The van der Waals surface area contributed by atoms with Gasteiger partial charge in [-0.1, -0.05) is 65.7 Å². The molecule has 2 heterocycles. The predicted octanol–water partition coefficient (Wildman–Crippen LogP) is 5.22. The third-order valence-electron chi connectivity index (χ3n) is 5.95. The van der Waals surface area contributed by atoms with Crippen molar-refractivity contribution in [1.82, 2.24) is 15.1 Å². The predicted molar refractivity (Wildman–Crippen MR) is 129 cm³/mol. The van der Waals surface area contributed by atoms with E-state index in [-0.39, 0.29) is 5.91 Å². The number of hydrogen-bond donors (Lipinski definition) is 0. The highest BCUT2D eigenvalue weighted by Crippen LogP contribution is 2.32. The van der Waals surface area contributed by atoms with Crippen molar-refractivity contribution < 1.29 is 4.79 Å². The molecule has 5 rings (SSSR count). The fourth-order valence-electron chi connectivity index (χ4n) is 4.14. The van der Waals surface area contributed by atoms with Gasteiger partial charge in [0, 0.05) is 53.1 Å². The van der Waals surface area contributed by atoms with E-state index in [0.29, 0.717) is 36.8 Å². The van der Waals surface area contributed by atoms with Crippen molar-refractivity contribution in [2.75, 3.05) is 31.1 Å².